The third-order valence-corrected chi connectivity index (χ3v) is 4.94. The fourth-order valence-electron chi connectivity index (χ4n) is 2.94. The highest BCUT2D eigenvalue weighted by Gasteiger charge is 2.11. The van der Waals surface area contributed by atoms with E-state index in [9.17, 15) is 5.26 Å². The molecule has 0 atom stereocenters. The van der Waals surface area contributed by atoms with Crippen molar-refractivity contribution in [3.8, 4) is 6.07 Å². The number of H-pyrrole nitrogens is 2. The molecule has 2 aromatic carbocycles. The fraction of sp³-hybridized carbons (Fsp3) is 0.100. The van der Waals surface area contributed by atoms with Crippen molar-refractivity contribution >= 4 is 49.5 Å². The van der Waals surface area contributed by atoms with Gasteiger partial charge >= 0.3 is 0 Å². The number of allylic oxidation sites excluding steroid dienone is 1. The van der Waals surface area contributed by atoms with Crippen molar-refractivity contribution in [3.63, 3.8) is 0 Å². The van der Waals surface area contributed by atoms with Crippen molar-refractivity contribution in [1.82, 2.24) is 15.0 Å². The van der Waals surface area contributed by atoms with Gasteiger partial charge in [-0.15, -0.1) is 0 Å². The first kappa shape index (κ1) is 15.7. The van der Waals surface area contributed by atoms with Gasteiger partial charge in [0, 0.05) is 27.1 Å². The number of fused-ring (bicyclic) bond motifs is 2. The second kappa shape index (κ2) is 5.91. The van der Waals surface area contributed by atoms with Crippen LogP contribution in [0.2, 0.25) is 0 Å². The van der Waals surface area contributed by atoms with Gasteiger partial charge in [-0.3, -0.25) is 0 Å². The Morgan fingerprint density at radius 3 is 2.76 bits per heavy atom. The minimum absolute atomic E-state index is 0.507. The van der Waals surface area contributed by atoms with Crippen molar-refractivity contribution < 1.29 is 0 Å². The van der Waals surface area contributed by atoms with E-state index in [0.717, 1.165) is 32.0 Å². The van der Waals surface area contributed by atoms with E-state index in [0.29, 0.717) is 11.4 Å². The highest BCUT2D eigenvalue weighted by atomic mass is 79.9. The number of benzene rings is 2. The van der Waals surface area contributed by atoms with Gasteiger partial charge in [0.1, 0.15) is 11.9 Å². The van der Waals surface area contributed by atoms with Crippen LogP contribution < -0.4 is 0 Å². The molecule has 0 aliphatic carbocycles. The van der Waals surface area contributed by atoms with Crippen molar-refractivity contribution in [2.24, 2.45) is 0 Å². The predicted octanol–water partition coefficient (Wildman–Crippen LogP) is 5.49. The molecule has 0 aliphatic heterocycles. The van der Waals surface area contributed by atoms with Gasteiger partial charge < -0.3 is 9.97 Å². The Hall–Kier alpha value is -2.84. The molecule has 2 N–H and O–H groups in total. The van der Waals surface area contributed by atoms with Crippen LogP contribution in [0.4, 0.5) is 0 Å². The summed E-state index contributed by atoms with van der Waals surface area (Å²) < 4.78 is 1.00. The number of nitrogens with one attached hydrogen (secondary N) is 2. The Bertz CT molecular complexity index is 1150. The van der Waals surface area contributed by atoms with Crippen LogP contribution in [0.15, 0.2) is 41.0 Å². The van der Waals surface area contributed by atoms with E-state index in [4.69, 9.17) is 0 Å². The summed E-state index contributed by atoms with van der Waals surface area (Å²) in [6.45, 7) is 4.13. The fourth-order valence-corrected chi connectivity index (χ4v) is 3.30. The number of halogens is 1. The summed E-state index contributed by atoms with van der Waals surface area (Å²) in [5, 5.41) is 10.7. The van der Waals surface area contributed by atoms with Crippen molar-refractivity contribution in [3.05, 3.63) is 63.5 Å². The van der Waals surface area contributed by atoms with Crippen LogP contribution >= 0.6 is 15.9 Å². The van der Waals surface area contributed by atoms with E-state index in [1.165, 1.54) is 11.1 Å². The summed E-state index contributed by atoms with van der Waals surface area (Å²) in [4.78, 5) is 11.1. The van der Waals surface area contributed by atoms with Gasteiger partial charge in [0.2, 0.25) is 0 Å². The van der Waals surface area contributed by atoms with Crippen LogP contribution in [-0.4, -0.2) is 15.0 Å². The molecule has 0 radical (unpaired) electrons. The molecule has 0 spiro atoms. The van der Waals surface area contributed by atoms with Gasteiger partial charge in [0.15, 0.2) is 0 Å². The molecule has 0 amide bonds. The van der Waals surface area contributed by atoms with Gasteiger partial charge in [0.25, 0.3) is 0 Å². The first-order chi connectivity index (χ1) is 12.0. The second-order valence-corrected chi connectivity index (χ2v) is 7.06. The Morgan fingerprint density at radius 1 is 1.16 bits per heavy atom. The molecule has 4 aromatic rings. The summed E-state index contributed by atoms with van der Waals surface area (Å²) in [5.74, 6) is 0.590. The zero-order valence-electron chi connectivity index (χ0n) is 13.8. The Balaban J connectivity index is 1.85. The van der Waals surface area contributed by atoms with Gasteiger partial charge in [-0.05, 0) is 61.4 Å². The minimum atomic E-state index is 0.507. The van der Waals surface area contributed by atoms with Gasteiger partial charge in [-0.1, -0.05) is 15.9 Å². The van der Waals surface area contributed by atoms with E-state index in [1.807, 2.05) is 36.5 Å². The minimum Gasteiger partial charge on any atom is -0.361 e. The molecule has 0 bridgehead atoms. The molecule has 5 heteroatoms. The van der Waals surface area contributed by atoms with Crippen LogP contribution in [0.3, 0.4) is 0 Å². The number of imidazole rings is 1. The lowest BCUT2D eigenvalue weighted by Crippen LogP contribution is -1.84. The zero-order valence-corrected chi connectivity index (χ0v) is 15.4. The third kappa shape index (κ3) is 2.75. The number of aromatic nitrogens is 3. The smallest absolute Gasteiger partial charge is 0.149 e. The summed E-state index contributed by atoms with van der Waals surface area (Å²) in [7, 11) is 0. The van der Waals surface area contributed by atoms with Crippen LogP contribution in [-0.2, 0) is 0 Å². The number of nitrogens with zero attached hydrogens (tertiary/aromatic N) is 2. The highest BCUT2D eigenvalue weighted by Crippen LogP contribution is 2.27. The van der Waals surface area contributed by atoms with Crippen LogP contribution in [0.5, 0.6) is 0 Å². The van der Waals surface area contributed by atoms with Crippen molar-refractivity contribution in [1.29, 1.82) is 5.26 Å². The van der Waals surface area contributed by atoms with Crippen LogP contribution in [0, 0.1) is 25.2 Å². The molecule has 4 nitrogen and oxygen atoms in total. The number of hydrogen-bond acceptors (Lipinski definition) is 2. The lowest BCUT2D eigenvalue weighted by Gasteiger charge is -1.97. The maximum Gasteiger partial charge on any atom is 0.149 e. The van der Waals surface area contributed by atoms with Gasteiger partial charge in [0.05, 0.1) is 16.6 Å². The topological polar surface area (TPSA) is 68.3 Å². The van der Waals surface area contributed by atoms with Gasteiger partial charge in [-0.2, -0.15) is 5.26 Å². The van der Waals surface area contributed by atoms with E-state index >= 15 is 0 Å². The highest BCUT2D eigenvalue weighted by molar-refractivity contribution is 9.10. The van der Waals surface area contributed by atoms with E-state index < -0.39 is 0 Å². The lowest BCUT2D eigenvalue weighted by atomic mass is 10.1. The SMILES string of the molecule is Cc1cc2nc(/C(C#N)=C/c3c[nH]c4ccc(Br)cc34)[nH]c2cc1C. The average molecular weight is 391 g/mol. The molecule has 0 aliphatic rings. The standard InChI is InChI=1S/C20H15BrN4/c1-11-5-18-19(6-12(11)2)25-20(24-18)13(9-22)7-14-10-23-17-4-3-15(21)8-16(14)17/h3-8,10,23H,1-2H3,(H,24,25)/b13-7+. The van der Waals surface area contributed by atoms with E-state index in [1.54, 1.807) is 0 Å². The Labute approximate surface area is 153 Å². The number of nitriles is 1. The monoisotopic (exact) mass is 390 g/mol. The summed E-state index contributed by atoms with van der Waals surface area (Å²) >= 11 is 3.50. The molecule has 0 unspecified atom stereocenters. The van der Waals surface area contributed by atoms with Crippen LogP contribution in [0.25, 0.3) is 33.6 Å². The quantitative estimate of drug-likeness (QED) is 0.444. The first-order valence-corrected chi connectivity index (χ1v) is 8.70. The molecule has 2 aromatic heterocycles. The van der Waals surface area contributed by atoms with E-state index in [2.05, 4.69) is 56.9 Å². The third-order valence-electron chi connectivity index (χ3n) is 4.45. The average Bonchev–Trinajstić information content (AvgIpc) is 3.16. The predicted molar refractivity (Wildman–Crippen MR) is 105 cm³/mol. The second-order valence-electron chi connectivity index (χ2n) is 6.14. The molecule has 0 saturated heterocycles. The number of hydrogen-bond donors (Lipinski definition) is 2. The van der Waals surface area contributed by atoms with Crippen molar-refractivity contribution in [2.45, 2.75) is 13.8 Å². The molecule has 0 saturated carbocycles. The zero-order chi connectivity index (χ0) is 17.6. The molecule has 2 heterocycles. The maximum atomic E-state index is 9.64. The molecular weight excluding hydrogens is 376 g/mol. The lowest BCUT2D eigenvalue weighted by molar-refractivity contribution is 1.27. The molecule has 122 valence electrons. The van der Waals surface area contributed by atoms with Crippen molar-refractivity contribution in [2.75, 3.05) is 0 Å². The number of aromatic amines is 2. The maximum absolute atomic E-state index is 9.64. The number of rotatable bonds is 2. The molecule has 4 rings (SSSR count). The Morgan fingerprint density at radius 2 is 1.96 bits per heavy atom. The number of aryl methyl sites for hydroxylation is 2. The van der Waals surface area contributed by atoms with Gasteiger partial charge in [-0.25, -0.2) is 4.98 Å². The molecule has 25 heavy (non-hydrogen) atoms. The molecular formula is C20H15BrN4. The summed E-state index contributed by atoms with van der Waals surface area (Å²) in [5.41, 5.74) is 6.71. The molecule has 0 fully saturated rings. The first-order valence-electron chi connectivity index (χ1n) is 7.91. The largest absolute Gasteiger partial charge is 0.361 e. The summed E-state index contributed by atoms with van der Waals surface area (Å²) in [6, 6.07) is 12.4. The van der Waals surface area contributed by atoms with Crippen LogP contribution in [0.1, 0.15) is 22.5 Å². The Kier molecular flexibility index (Phi) is 3.70. The van der Waals surface area contributed by atoms with E-state index in [-0.39, 0.29) is 0 Å². The summed E-state index contributed by atoms with van der Waals surface area (Å²) in [6.07, 6.45) is 3.77. The normalized spacial score (nSPS) is 12.0.